The van der Waals surface area contributed by atoms with E-state index < -0.39 is 14.2 Å². The number of hydrogen-bond donors (Lipinski definition) is 4. The van der Waals surface area contributed by atoms with E-state index in [1.807, 2.05) is 27.7 Å². The number of H-pyrrole nitrogens is 2. The summed E-state index contributed by atoms with van der Waals surface area (Å²) in [6.07, 6.45) is 9.87. The van der Waals surface area contributed by atoms with Crippen molar-refractivity contribution >= 4 is 37.2 Å². The van der Waals surface area contributed by atoms with E-state index in [4.69, 9.17) is 0 Å². The van der Waals surface area contributed by atoms with E-state index in [-0.39, 0.29) is 23.0 Å². The van der Waals surface area contributed by atoms with Crippen molar-refractivity contribution in [3.63, 3.8) is 0 Å². The minimum absolute atomic E-state index is 0.0663. The molecule has 40 heavy (non-hydrogen) atoms. The first-order valence-corrected chi connectivity index (χ1v) is 12.4. The van der Waals surface area contributed by atoms with Gasteiger partial charge in [0.05, 0.1) is 11.4 Å². The lowest BCUT2D eigenvalue weighted by Crippen LogP contribution is -2.67. The molecule has 0 saturated carbocycles. The molecule has 2 aromatic rings. The first-order chi connectivity index (χ1) is 18.9. The number of aromatic amines is 2. The quantitative estimate of drug-likeness (QED) is 0.338. The standard InChI is InChI=1S/2C13H12BF2N2O2/c2*1-8-3-5-10(17-8)12-7-13(20-14(15,16)19-12)11-6-4-9(2)18-11/h2*3-7,17H,1-2H3/q2*-1/p+2/b2*13-11-. The first-order valence-electron chi connectivity index (χ1n) is 12.4. The van der Waals surface area contributed by atoms with Crippen molar-refractivity contribution in [3.8, 4) is 0 Å². The summed E-state index contributed by atoms with van der Waals surface area (Å²) < 4.78 is 73.0. The van der Waals surface area contributed by atoms with E-state index >= 15 is 0 Å². The zero-order valence-corrected chi connectivity index (χ0v) is 22.1. The molecule has 0 saturated heterocycles. The Morgan fingerprint density at radius 3 is 1.27 bits per heavy atom. The fraction of sp³-hybridized carbons (Fsp3) is 0.154. The van der Waals surface area contributed by atoms with Gasteiger partial charge in [0.2, 0.25) is 11.4 Å². The largest absolute Gasteiger partial charge is 0.726 e. The van der Waals surface area contributed by atoms with Crippen LogP contribution in [0.1, 0.15) is 36.6 Å². The number of hydrogen-bond acceptors (Lipinski definition) is 4. The Hall–Kier alpha value is -4.61. The minimum atomic E-state index is -4.38. The SMILES string of the molecule is CC1=[NH+]/C(=C2/C=C(c3ccc(C)[nH]3)O[B-](F)(F)O2)C=C1.CC1=[NH+]/C(=C2/C=C(c3ccc(C)[nH]3)O[B-](F)(F)O2)C=C1. The van der Waals surface area contributed by atoms with Gasteiger partial charge in [0.15, 0.2) is 22.9 Å². The Bertz CT molecular complexity index is 1490. The average Bonchev–Trinajstić information content (AvgIpc) is 3.66. The second-order valence-corrected chi connectivity index (χ2v) is 9.51. The van der Waals surface area contributed by atoms with Gasteiger partial charge in [-0.25, -0.2) is 9.98 Å². The summed E-state index contributed by atoms with van der Waals surface area (Å²) in [4.78, 5) is 11.9. The van der Waals surface area contributed by atoms with Crippen molar-refractivity contribution in [2.75, 3.05) is 0 Å². The maximum Gasteiger partial charge on any atom is 0.726 e. The summed E-state index contributed by atoms with van der Waals surface area (Å²) in [5.74, 6) is 0.265. The van der Waals surface area contributed by atoms with Crippen molar-refractivity contribution in [2.24, 2.45) is 0 Å². The molecule has 2 aromatic heterocycles. The Morgan fingerprint density at radius 1 is 0.575 bits per heavy atom. The van der Waals surface area contributed by atoms with Gasteiger partial charge in [0, 0.05) is 61.7 Å². The monoisotopic (exact) mass is 556 g/mol. The molecule has 0 radical (unpaired) electrons. The van der Waals surface area contributed by atoms with Crippen LogP contribution in [-0.4, -0.2) is 35.6 Å². The summed E-state index contributed by atoms with van der Waals surface area (Å²) in [6.45, 7) is 7.36. The smallest absolute Gasteiger partial charge is 0.626 e. The molecule has 0 bridgehead atoms. The molecule has 0 amide bonds. The van der Waals surface area contributed by atoms with Gasteiger partial charge in [-0.15, -0.1) is 0 Å². The number of halogens is 4. The number of allylic oxidation sites excluding steroid dienone is 6. The second-order valence-electron chi connectivity index (χ2n) is 9.51. The molecule has 0 spiro atoms. The third kappa shape index (κ3) is 6.16. The summed E-state index contributed by atoms with van der Waals surface area (Å²) in [7, 11) is -8.75. The van der Waals surface area contributed by atoms with Gasteiger partial charge < -0.3 is 45.8 Å². The molecule has 208 valence electrons. The van der Waals surface area contributed by atoms with Crippen LogP contribution in [0.25, 0.3) is 11.5 Å². The zero-order valence-electron chi connectivity index (χ0n) is 22.1. The van der Waals surface area contributed by atoms with Gasteiger partial charge in [-0.2, -0.15) is 0 Å². The van der Waals surface area contributed by atoms with Crippen LogP contribution in [0.4, 0.5) is 17.3 Å². The molecule has 0 aliphatic carbocycles. The number of aromatic nitrogens is 2. The van der Waals surface area contributed by atoms with Crippen LogP contribution in [0.15, 0.2) is 83.6 Å². The lowest BCUT2D eigenvalue weighted by molar-refractivity contribution is -0.390. The number of aryl methyl sites for hydroxylation is 2. The maximum atomic E-state index is 13.6. The zero-order chi connectivity index (χ0) is 28.7. The molecule has 6 heterocycles. The summed E-state index contributed by atoms with van der Waals surface area (Å²) in [6, 6.07) is 6.96. The Kier molecular flexibility index (Phi) is 6.86. The van der Waals surface area contributed by atoms with E-state index in [1.165, 1.54) is 12.2 Å². The summed E-state index contributed by atoms with van der Waals surface area (Å²) in [5.41, 5.74) is 5.43. The van der Waals surface area contributed by atoms with Crippen LogP contribution in [0.5, 0.6) is 0 Å². The molecule has 4 aliphatic heterocycles. The fourth-order valence-electron chi connectivity index (χ4n) is 4.17. The highest BCUT2D eigenvalue weighted by Crippen LogP contribution is 2.33. The Balaban J connectivity index is 0.000000161. The molecule has 4 N–H and O–H groups in total. The predicted molar refractivity (Wildman–Crippen MR) is 143 cm³/mol. The third-order valence-corrected chi connectivity index (χ3v) is 5.97. The molecule has 0 aromatic carbocycles. The topological polar surface area (TPSA) is 96.4 Å². The van der Waals surface area contributed by atoms with Crippen LogP contribution in [0, 0.1) is 13.8 Å². The van der Waals surface area contributed by atoms with Gasteiger partial charge >= 0.3 is 14.2 Å². The molecule has 6 rings (SSSR count). The van der Waals surface area contributed by atoms with Crippen LogP contribution in [-0.2, 0) is 18.6 Å². The number of rotatable bonds is 2. The Morgan fingerprint density at radius 2 is 0.975 bits per heavy atom. The summed E-state index contributed by atoms with van der Waals surface area (Å²) in [5, 5.41) is 0. The molecule has 8 nitrogen and oxygen atoms in total. The van der Waals surface area contributed by atoms with Crippen molar-refractivity contribution in [3.05, 3.63) is 106 Å². The highest BCUT2D eigenvalue weighted by atomic mass is 19.3. The lowest BCUT2D eigenvalue weighted by atomic mass is 10.1. The van der Waals surface area contributed by atoms with E-state index in [9.17, 15) is 17.3 Å². The van der Waals surface area contributed by atoms with Crippen LogP contribution < -0.4 is 9.98 Å². The average molecular weight is 556 g/mol. The normalized spacial score (nSPS) is 24.0. The fourth-order valence-corrected chi connectivity index (χ4v) is 4.17. The summed E-state index contributed by atoms with van der Waals surface area (Å²) >= 11 is 0. The highest BCUT2D eigenvalue weighted by molar-refractivity contribution is 6.54. The van der Waals surface area contributed by atoms with Gasteiger partial charge in [-0.3, -0.25) is 0 Å². The molecule has 0 unspecified atom stereocenters. The highest BCUT2D eigenvalue weighted by Gasteiger charge is 2.41. The van der Waals surface area contributed by atoms with Crippen molar-refractivity contribution in [1.82, 2.24) is 9.97 Å². The predicted octanol–water partition coefficient (Wildman–Crippen LogP) is 2.82. The van der Waals surface area contributed by atoms with Crippen LogP contribution >= 0.6 is 0 Å². The van der Waals surface area contributed by atoms with Crippen molar-refractivity contribution in [1.29, 1.82) is 0 Å². The van der Waals surface area contributed by atoms with Gasteiger partial charge in [0.25, 0.3) is 0 Å². The van der Waals surface area contributed by atoms with Gasteiger partial charge in [0.1, 0.15) is 11.5 Å². The van der Waals surface area contributed by atoms with Crippen molar-refractivity contribution < 1.29 is 45.9 Å². The van der Waals surface area contributed by atoms with E-state index in [0.717, 1.165) is 22.8 Å². The molecule has 0 fully saturated rings. The van der Waals surface area contributed by atoms with Crippen molar-refractivity contribution in [2.45, 2.75) is 27.7 Å². The second kappa shape index (κ2) is 10.2. The molecule has 4 aliphatic rings. The molecule has 0 atom stereocenters. The van der Waals surface area contributed by atoms with Crippen LogP contribution in [0.2, 0.25) is 0 Å². The lowest BCUT2D eigenvalue weighted by Gasteiger charge is -2.33. The molecule has 14 heteroatoms. The molecular weight excluding hydrogens is 530 g/mol. The van der Waals surface area contributed by atoms with Crippen LogP contribution in [0.3, 0.4) is 0 Å². The van der Waals surface area contributed by atoms with E-state index in [1.54, 1.807) is 48.6 Å². The van der Waals surface area contributed by atoms with E-state index in [0.29, 0.717) is 22.8 Å². The Labute approximate surface area is 227 Å². The van der Waals surface area contributed by atoms with Gasteiger partial charge in [-0.1, -0.05) is 0 Å². The number of nitrogens with one attached hydrogen (secondary N) is 4. The van der Waals surface area contributed by atoms with E-state index in [2.05, 4.69) is 38.6 Å². The first kappa shape index (κ1) is 27.0. The molecular formula is C26H26B2F4N4O4. The minimum Gasteiger partial charge on any atom is -0.626 e. The van der Waals surface area contributed by atoms with Gasteiger partial charge in [-0.05, 0) is 38.1 Å². The maximum absolute atomic E-state index is 13.6. The third-order valence-electron chi connectivity index (χ3n) is 5.97.